The number of para-hydroxylation sites is 1. The van der Waals surface area contributed by atoms with Crippen LogP contribution in [0.3, 0.4) is 0 Å². The summed E-state index contributed by atoms with van der Waals surface area (Å²) < 4.78 is 14.3. The first-order valence-corrected chi connectivity index (χ1v) is 7.23. The van der Waals surface area contributed by atoms with Gasteiger partial charge in [-0.15, -0.1) is 0 Å². The normalized spacial score (nSPS) is 19.3. The maximum atomic E-state index is 11.2. The quantitative estimate of drug-likeness (QED) is 0.844. The Labute approximate surface area is 99.2 Å². The molecule has 16 heavy (non-hydrogen) atoms. The number of hydrogen-bond donors (Lipinski definition) is 2. The molecule has 0 aliphatic carbocycles. The smallest absolute Gasteiger partial charge is 0.113 e. The van der Waals surface area contributed by atoms with Gasteiger partial charge in [-0.25, -0.2) is 4.21 Å². The van der Waals surface area contributed by atoms with Gasteiger partial charge in [0.2, 0.25) is 0 Å². The standard InChI is InChI=1S/C12H18N2OS/c1-16(15)14-12-5-3-2-4-11(12)10-6-8-13-9-7-10/h2-5,10,13-14H,6-9H2,1H3. The van der Waals surface area contributed by atoms with Gasteiger partial charge in [-0.2, -0.15) is 0 Å². The number of nitrogens with one attached hydrogen (secondary N) is 2. The highest BCUT2D eigenvalue weighted by molar-refractivity contribution is 7.85. The van der Waals surface area contributed by atoms with E-state index in [1.165, 1.54) is 5.56 Å². The maximum absolute atomic E-state index is 11.2. The zero-order chi connectivity index (χ0) is 11.4. The van der Waals surface area contributed by atoms with Crippen LogP contribution in [0.4, 0.5) is 5.69 Å². The van der Waals surface area contributed by atoms with Crippen LogP contribution < -0.4 is 10.0 Å². The van der Waals surface area contributed by atoms with Gasteiger partial charge in [0.25, 0.3) is 0 Å². The molecule has 1 aromatic carbocycles. The lowest BCUT2D eigenvalue weighted by molar-refractivity contribution is 0.461. The van der Waals surface area contributed by atoms with Crippen LogP contribution in [0.25, 0.3) is 0 Å². The predicted molar refractivity (Wildman–Crippen MR) is 69.0 cm³/mol. The summed E-state index contributed by atoms with van der Waals surface area (Å²) in [5.74, 6) is 0.591. The van der Waals surface area contributed by atoms with E-state index in [9.17, 15) is 4.21 Å². The summed E-state index contributed by atoms with van der Waals surface area (Å²) >= 11 is 0. The van der Waals surface area contributed by atoms with Gasteiger partial charge < -0.3 is 10.0 Å². The van der Waals surface area contributed by atoms with Crippen molar-refractivity contribution in [1.82, 2.24) is 5.32 Å². The molecule has 1 fully saturated rings. The number of piperidine rings is 1. The van der Waals surface area contributed by atoms with Crippen LogP contribution in [0.15, 0.2) is 24.3 Å². The fourth-order valence-electron chi connectivity index (χ4n) is 2.23. The molecule has 0 bridgehead atoms. The Morgan fingerprint density at radius 3 is 2.69 bits per heavy atom. The Morgan fingerprint density at radius 1 is 1.31 bits per heavy atom. The van der Waals surface area contributed by atoms with E-state index >= 15 is 0 Å². The summed E-state index contributed by atoms with van der Waals surface area (Å²) in [7, 11) is -0.997. The van der Waals surface area contributed by atoms with Gasteiger partial charge in [0.05, 0.1) is 0 Å². The second kappa shape index (κ2) is 5.46. The van der Waals surface area contributed by atoms with Gasteiger partial charge in [-0.05, 0) is 43.5 Å². The summed E-state index contributed by atoms with van der Waals surface area (Å²) in [4.78, 5) is 0. The van der Waals surface area contributed by atoms with Gasteiger partial charge in [0, 0.05) is 11.9 Å². The Kier molecular flexibility index (Phi) is 3.96. The van der Waals surface area contributed by atoms with Gasteiger partial charge >= 0.3 is 0 Å². The molecule has 3 nitrogen and oxygen atoms in total. The van der Waals surface area contributed by atoms with Crippen molar-refractivity contribution >= 4 is 16.7 Å². The molecule has 0 radical (unpaired) electrons. The molecule has 1 heterocycles. The first kappa shape index (κ1) is 11.6. The van der Waals surface area contributed by atoms with Crippen LogP contribution in [-0.2, 0) is 11.0 Å². The van der Waals surface area contributed by atoms with Crippen LogP contribution in [-0.4, -0.2) is 23.6 Å². The van der Waals surface area contributed by atoms with E-state index in [1.54, 1.807) is 6.26 Å². The molecular formula is C12H18N2OS. The molecule has 1 saturated heterocycles. The minimum Gasteiger partial charge on any atom is -0.317 e. The molecule has 1 atom stereocenters. The molecule has 2 N–H and O–H groups in total. The molecule has 0 spiro atoms. The fraction of sp³-hybridized carbons (Fsp3) is 0.500. The van der Waals surface area contributed by atoms with Gasteiger partial charge in [-0.3, -0.25) is 0 Å². The van der Waals surface area contributed by atoms with E-state index in [1.807, 2.05) is 12.1 Å². The van der Waals surface area contributed by atoms with E-state index < -0.39 is 11.0 Å². The minimum atomic E-state index is -0.997. The Bertz CT molecular complexity index is 375. The molecule has 1 unspecified atom stereocenters. The monoisotopic (exact) mass is 238 g/mol. The van der Waals surface area contributed by atoms with Gasteiger partial charge in [-0.1, -0.05) is 18.2 Å². The van der Waals surface area contributed by atoms with Crippen molar-refractivity contribution in [2.75, 3.05) is 24.1 Å². The molecule has 88 valence electrons. The van der Waals surface area contributed by atoms with Crippen molar-refractivity contribution in [3.05, 3.63) is 29.8 Å². The molecule has 0 amide bonds. The lowest BCUT2D eigenvalue weighted by Crippen LogP contribution is -2.27. The van der Waals surface area contributed by atoms with Crippen LogP contribution in [0, 0.1) is 0 Å². The van der Waals surface area contributed by atoms with Crippen molar-refractivity contribution in [2.24, 2.45) is 0 Å². The predicted octanol–water partition coefficient (Wildman–Crippen LogP) is 1.86. The van der Waals surface area contributed by atoms with E-state index in [2.05, 4.69) is 22.2 Å². The number of anilines is 1. The average molecular weight is 238 g/mol. The molecule has 1 aromatic rings. The molecule has 2 rings (SSSR count). The largest absolute Gasteiger partial charge is 0.317 e. The summed E-state index contributed by atoms with van der Waals surface area (Å²) in [6.07, 6.45) is 3.99. The van der Waals surface area contributed by atoms with Crippen LogP contribution in [0.5, 0.6) is 0 Å². The zero-order valence-electron chi connectivity index (χ0n) is 9.53. The molecule has 1 aliphatic rings. The highest BCUT2D eigenvalue weighted by Gasteiger charge is 2.17. The molecule has 0 aromatic heterocycles. The van der Waals surface area contributed by atoms with E-state index in [0.29, 0.717) is 5.92 Å². The Hall–Kier alpha value is -0.870. The van der Waals surface area contributed by atoms with Crippen molar-refractivity contribution in [2.45, 2.75) is 18.8 Å². The van der Waals surface area contributed by atoms with E-state index in [-0.39, 0.29) is 0 Å². The van der Waals surface area contributed by atoms with Crippen molar-refractivity contribution in [3.8, 4) is 0 Å². The van der Waals surface area contributed by atoms with Gasteiger partial charge in [0.1, 0.15) is 11.0 Å². The van der Waals surface area contributed by atoms with Gasteiger partial charge in [0.15, 0.2) is 0 Å². The summed E-state index contributed by atoms with van der Waals surface area (Å²) in [6.45, 7) is 2.16. The first-order chi connectivity index (χ1) is 7.77. The highest BCUT2D eigenvalue weighted by atomic mass is 32.2. The van der Waals surface area contributed by atoms with Crippen molar-refractivity contribution in [3.63, 3.8) is 0 Å². The van der Waals surface area contributed by atoms with Crippen LogP contribution in [0.1, 0.15) is 24.3 Å². The minimum absolute atomic E-state index is 0.591. The third kappa shape index (κ3) is 2.83. The number of hydrogen-bond acceptors (Lipinski definition) is 2. The maximum Gasteiger partial charge on any atom is 0.113 e. The molecular weight excluding hydrogens is 220 g/mol. The van der Waals surface area contributed by atoms with Crippen LogP contribution in [0.2, 0.25) is 0 Å². The molecule has 4 heteroatoms. The average Bonchev–Trinajstić information content (AvgIpc) is 2.30. The number of benzene rings is 1. The van der Waals surface area contributed by atoms with E-state index in [4.69, 9.17) is 0 Å². The first-order valence-electron chi connectivity index (χ1n) is 5.67. The lowest BCUT2D eigenvalue weighted by Gasteiger charge is -2.25. The number of rotatable bonds is 3. The topological polar surface area (TPSA) is 41.1 Å². The van der Waals surface area contributed by atoms with Crippen molar-refractivity contribution in [1.29, 1.82) is 0 Å². The highest BCUT2D eigenvalue weighted by Crippen LogP contribution is 2.30. The zero-order valence-corrected chi connectivity index (χ0v) is 10.3. The fourth-order valence-corrected chi connectivity index (χ4v) is 2.73. The molecule has 1 aliphatic heterocycles. The van der Waals surface area contributed by atoms with Crippen LogP contribution >= 0.6 is 0 Å². The second-order valence-electron chi connectivity index (χ2n) is 4.17. The lowest BCUT2D eigenvalue weighted by atomic mass is 9.89. The SMILES string of the molecule is CS(=O)Nc1ccccc1C1CCNCC1. The summed E-state index contributed by atoms with van der Waals surface area (Å²) in [5, 5.41) is 3.36. The van der Waals surface area contributed by atoms with Crippen molar-refractivity contribution < 1.29 is 4.21 Å². The second-order valence-corrected chi connectivity index (χ2v) is 5.28. The van der Waals surface area contributed by atoms with E-state index in [0.717, 1.165) is 31.6 Å². The third-order valence-corrected chi connectivity index (χ3v) is 3.50. The molecule has 0 saturated carbocycles. The summed E-state index contributed by atoms with van der Waals surface area (Å²) in [5.41, 5.74) is 2.33. The Balaban J connectivity index is 2.20. The summed E-state index contributed by atoms with van der Waals surface area (Å²) in [6, 6.07) is 8.20. The third-order valence-electron chi connectivity index (χ3n) is 2.99. The Morgan fingerprint density at radius 2 is 2.00 bits per heavy atom.